The van der Waals surface area contributed by atoms with Gasteiger partial charge in [0.15, 0.2) is 6.10 Å². The van der Waals surface area contributed by atoms with Crippen LogP contribution < -0.4 is 15.0 Å². The van der Waals surface area contributed by atoms with Crippen LogP contribution in [0.2, 0.25) is 0 Å². The van der Waals surface area contributed by atoms with E-state index < -0.39 is 6.10 Å². The topological polar surface area (TPSA) is 54.5 Å². The molecule has 0 saturated carbocycles. The average Bonchev–Trinajstić information content (AvgIpc) is 2.42. The molecule has 2 aliphatic heterocycles. The van der Waals surface area contributed by atoms with Crippen LogP contribution in [0.1, 0.15) is 25.3 Å². The van der Waals surface area contributed by atoms with Crippen LogP contribution in [-0.2, 0) is 4.79 Å². The molecule has 19 heavy (non-hydrogen) atoms. The SMILES string of the molecule is Cc1cnc2c(c1)N(C1CCNCC1)C(=O)C(C)O2. The maximum absolute atomic E-state index is 12.5. The van der Waals surface area contributed by atoms with Gasteiger partial charge in [0.2, 0.25) is 5.88 Å². The molecule has 3 heterocycles. The Morgan fingerprint density at radius 2 is 2.16 bits per heavy atom. The van der Waals surface area contributed by atoms with E-state index in [2.05, 4.69) is 10.3 Å². The van der Waals surface area contributed by atoms with Crippen molar-refractivity contribution in [1.82, 2.24) is 10.3 Å². The second-order valence-electron chi connectivity index (χ2n) is 5.29. The van der Waals surface area contributed by atoms with Gasteiger partial charge in [-0.25, -0.2) is 4.98 Å². The predicted octanol–water partition coefficient (Wildman–Crippen LogP) is 1.26. The van der Waals surface area contributed by atoms with Gasteiger partial charge in [-0.05, 0) is 51.4 Å². The Bertz CT molecular complexity index is 497. The van der Waals surface area contributed by atoms with Crippen molar-refractivity contribution in [3.05, 3.63) is 17.8 Å². The van der Waals surface area contributed by atoms with Gasteiger partial charge in [0, 0.05) is 12.2 Å². The maximum Gasteiger partial charge on any atom is 0.268 e. The molecule has 1 atom stereocenters. The number of ether oxygens (including phenoxy) is 1. The van der Waals surface area contributed by atoms with E-state index in [1.165, 1.54) is 0 Å². The Balaban J connectivity index is 2.01. The first kappa shape index (κ1) is 12.4. The van der Waals surface area contributed by atoms with E-state index in [0.29, 0.717) is 5.88 Å². The van der Waals surface area contributed by atoms with Crippen LogP contribution in [-0.4, -0.2) is 36.1 Å². The minimum atomic E-state index is -0.447. The molecule has 1 N–H and O–H groups in total. The third-order valence-corrected chi connectivity index (χ3v) is 3.78. The zero-order valence-corrected chi connectivity index (χ0v) is 11.3. The lowest BCUT2D eigenvalue weighted by atomic mass is 10.0. The van der Waals surface area contributed by atoms with Gasteiger partial charge in [-0.15, -0.1) is 0 Å². The number of carbonyl (C=O) groups excluding carboxylic acids is 1. The van der Waals surface area contributed by atoms with Gasteiger partial charge in [0.05, 0.1) is 0 Å². The van der Waals surface area contributed by atoms with E-state index in [1.54, 1.807) is 13.1 Å². The molecule has 1 aromatic heterocycles. The molecule has 3 rings (SSSR count). The zero-order chi connectivity index (χ0) is 13.4. The van der Waals surface area contributed by atoms with Crippen molar-refractivity contribution >= 4 is 11.6 Å². The number of piperidine rings is 1. The van der Waals surface area contributed by atoms with Crippen molar-refractivity contribution in [3.8, 4) is 5.88 Å². The van der Waals surface area contributed by atoms with Crippen LogP contribution in [0.3, 0.4) is 0 Å². The zero-order valence-electron chi connectivity index (χ0n) is 11.3. The Hall–Kier alpha value is -1.62. The number of pyridine rings is 1. The molecule has 1 unspecified atom stereocenters. The van der Waals surface area contributed by atoms with Gasteiger partial charge in [0.1, 0.15) is 5.69 Å². The minimum Gasteiger partial charge on any atom is -0.463 e. The molecule has 0 aromatic carbocycles. The van der Waals surface area contributed by atoms with Crippen molar-refractivity contribution in [3.63, 3.8) is 0 Å². The molecule has 1 saturated heterocycles. The molecule has 1 fully saturated rings. The first-order valence-electron chi connectivity index (χ1n) is 6.84. The van der Waals surface area contributed by atoms with Crippen LogP contribution in [0.15, 0.2) is 12.3 Å². The number of hydrogen-bond acceptors (Lipinski definition) is 4. The third-order valence-electron chi connectivity index (χ3n) is 3.78. The summed E-state index contributed by atoms with van der Waals surface area (Å²) >= 11 is 0. The summed E-state index contributed by atoms with van der Waals surface area (Å²) in [6, 6.07) is 2.25. The highest BCUT2D eigenvalue weighted by molar-refractivity contribution is 6.00. The van der Waals surface area contributed by atoms with Crippen LogP contribution in [0.25, 0.3) is 0 Å². The number of amides is 1. The fourth-order valence-electron chi connectivity index (χ4n) is 2.78. The Labute approximate surface area is 113 Å². The van der Waals surface area contributed by atoms with E-state index in [9.17, 15) is 4.79 Å². The van der Waals surface area contributed by atoms with Crippen molar-refractivity contribution in [1.29, 1.82) is 0 Å². The van der Waals surface area contributed by atoms with Crippen molar-refractivity contribution in [2.45, 2.75) is 38.8 Å². The third kappa shape index (κ3) is 2.18. The Kier molecular flexibility index (Phi) is 3.14. The molecular formula is C14H19N3O2. The highest BCUT2D eigenvalue weighted by atomic mass is 16.5. The number of anilines is 1. The minimum absolute atomic E-state index is 0.0480. The molecule has 0 spiro atoms. The Morgan fingerprint density at radius 1 is 1.42 bits per heavy atom. The molecule has 102 valence electrons. The quantitative estimate of drug-likeness (QED) is 0.827. The lowest BCUT2D eigenvalue weighted by Gasteiger charge is -2.39. The fraction of sp³-hybridized carbons (Fsp3) is 0.571. The summed E-state index contributed by atoms with van der Waals surface area (Å²) in [6.07, 6.45) is 3.29. The highest BCUT2D eigenvalue weighted by Crippen LogP contribution is 2.35. The van der Waals surface area contributed by atoms with Crippen LogP contribution >= 0.6 is 0 Å². The smallest absolute Gasteiger partial charge is 0.268 e. The number of aromatic nitrogens is 1. The second-order valence-corrected chi connectivity index (χ2v) is 5.29. The number of rotatable bonds is 1. The van der Waals surface area contributed by atoms with Gasteiger partial charge < -0.3 is 15.0 Å². The van der Waals surface area contributed by atoms with Gasteiger partial charge in [0.25, 0.3) is 5.91 Å². The second kappa shape index (κ2) is 4.81. The lowest BCUT2D eigenvalue weighted by molar-refractivity contribution is -0.126. The molecule has 1 aromatic rings. The number of hydrogen-bond donors (Lipinski definition) is 1. The summed E-state index contributed by atoms with van der Waals surface area (Å²) in [5.74, 6) is 0.628. The van der Waals surface area contributed by atoms with Crippen LogP contribution in [0.5, 0.6) is 5.88 Å². The van der Waals surface area contributed by atoms with E-state index in [4.69, 9.17) is 4.74 Å². The first-order chi connectivity index (χ1) is 9.16. The van der Waals surface area contributed by atoms with E-state index in [1.807, 2.05) is 17.9 Å². The van der Waals surface area contributed by atoms with E-state index >= 15 is 0 Å². The van der Waals surface area contributed by atoms with Gasteiger partial charge >= 0.3 is 0 Å². The molecular weight excluding hydrogens is 242 g/mol. The summed E-state index contributed by atoms with van der Waals surface area (Å²) in [6.45, 7) is 5.69. The summed E-state index contributed by atoms with van der Waals surface area (Å²) in [4.78, 5) is 18.7. The van der Waals surface area contributed by atoms with E-state index in [-0.39, 0.29) is 11.9 Å². The van der Waals surface area contributed by atoms with Crippen molar-refractivity contribution in [2.75, 3.05) is 18.0 Å². The average molecular weight is 261 g/mol. The number of nitrogens with one attached hydrogen (secondary N) is 1. The summed E-state index contributed by atoms with van der Waals surface area (Å²) in [5, 5.41) is 3.33. The van der Waals surface area contributed by atoms with Gasteiger partial charge in [-0.2, -0.15) is 0 Å². The number of aryl methyl sites for hydroxylation is 1. The highest BCUT2D eigenvalue weighted by Gasteiger charge is 2.37. The van der Waals surface area contributed by atoms with E-state index in [0.717, 1.165) is 37.2 Å². The van der Waals surface area contributed by atoms with Crippen LogP contribution in [0, 0.1) is 6.92 Å². The van der Waals surface area contributed by atoms with Crippen LogP contribution in [0.4, 0.5) is 5.69 Å². The first-order valence-corrected chi connectivity index (χ1v) is 6.84. The van der Waals surface area contributed by atoms with Crippen molar-refractivity contribution < 1.29 is 9.53 Å². The molecule has 0 aliphatic carbocycles. The monoisotopic (exact) mass is 261 g/mol. The largest absolute Gasteiger partial charge is 0.463 e. The van der Waals surface area contributed by atoms with Crippen molar-refractivity contribution in [2.24, 2.45) is 0 Å². The molecule has 5 heteroatoms. The standard InChI is InChI=1S/C14H19N3O2/c1-9-7-12-13(16-8-9)19-10(2)14(18)17(12)11-3-5-15-6-4-11/h7-8,10-11,15H,3-6H2,1-2H3. The predicted molar refractivity (Wildman–Crippen MR) is 72.4 cm³/mol. The van der Waals surface area contributed by atoms with Gasteiger partial charge in [-0.1, -0.05) is 0 Å². The maximum atomic E-state index is 12.5. The Morgan fingerprint density at radius 3 is 2.89 bits per heavy atom. The molecule has 0 bridgehead atoms. The number of nitrogens with zero attached hydrogens (tertiary/aromatic N) is 2. The molecule has 1 amide bonds. The van der Waals surface area contributed by atoms with Gasteiger partial charge in [-0.3, -0.25) is 4.79 Å². The fourth-order valence-corrected chi connectivity index (χ4v) is 2.78. The molecule has 2 aliphatic rings. The summed E-state index contributed by atoms with van der Waals surface area (Å²) in [7, 11) is 0. The number of fused-ring (bicyclic) bond motifs is 1. The lowest BCUT2D eigenvalue weighted by Crippen LogP contribution is -2.52. The summed E-state index contributed by atoms with van der Waals surface area (Å²) in [5.41, 5.74) is 1.87. The summed E-state index contributed by atoms with van der Waals surface area (Å²) < 4.78 is 5.60. The number of carbonyl (C=O) groups is 1. The normalized spacial score (nSPS) is 24.0. The molecule has 5 nitrogen and oxygen atoms in total. The molecule has 0 radical (unpaired) electrons.